The number of hydrogen-bond acceptors (Lipinski definition) is 2. The molecular weight excluding hydrogens is 268 g/mol. The second kappa shape index (κ2) is 6.18. The topological polar surface area (TPSA) is 15.6 Å². The molecule has 1 aliphatic heterocycles. The van der Waals surface area contributed by atoms with Gasteiger partial charge < -0.3 is 4.90 Å². The van der Waals surface area contributed by atoms with Crippen LogP contribution in [0.25, 0.3) is 5.57 Å². The van der Waals surface area contributed by atoms with E-state index in [9.17, 15) is 0 Å². The molecule has 2 aliphatic rings. The third-order valence-electron chi connectivity index (χ3n) is 4.20. The largest absolute Gasteiger partial charge is 0.359 e. The van der Waals surface area contributed by atoms with Crippen molar-refractivity contribution in [1.29, 1.82) is 0 Å². The van der Waals surface area contributed by atoms with Gasteiger partial charge in [-0.3, -0.25) is 4.99 Å². The standard InChI is InChI=1S/C20H22N2/c1-15-7-9-19(10-8-15)17-5-4-6-18(12-11-17)20-13-21-16(2)22(3)14-20/h5-14,16H,4H2,1-3H3. The van der Waals surface area contributed by atoms with Crippen molar-refractivity contribution in [3.05, 3.63) is 77.0 Å². The smallest absolute Gasteiger partial charge is 0.117 e. The molecule has 1 aliphatic carbocycles. The van der Waals surface area contributed by atoms with Crippen LogP contribution in [0.3, 0.4) is 0 Å². The Morgan fingerprint density at radius 1 is 1.00 bits per heavy atom. The van der Waals surface area contributed by atoms with Crippen LogP contribution in [-0.2, 0) is 0 Å². The lowest BCUT2D eigenvalue weighted by molar-refractivity contribution is 0.358. The van der Waals surface area contributed by atoms with E-state index in [2.05, 4.69) is 85.6 Å². The maximum atomic E-state index is 4.53. The van der Waals surface area contributed by atoms with Gasteiger partial charge in [0.1, 0.15) is 6.17 Å². The van der Waals surface area contributed by atoms with Crippen molar-refractivity contribution >= 4 is 11.8 Å². The van der Waals surface area contributed by atoms with Gasteiger partial charge in [0.15, 0.2) is 0 Å². The second-order valence-electron chi connectivity index (χ2n) is 5.91. The zero-order chi connectivity index (χ0) is 15.5. The van der Waals surface area contributed by atoms with Gasteiger partial charge in [-0.05, 0) is 37.0 Å². The van der Waals surface area contributed by atoms with Crippen molar-refractivity contribution < 1.29 is 0 Å². The van der Waals surface area contributed by atoms with Crippen molar-refractivity contribution in [2.75, 3.05) is 7.05 Å². The highest BCUT2D eigenvalue weighted by atomic mass is 15.2. The van der Waals surface area contributed by atoms with Crippen molar-refractivity contribution in [3.8, 4) is 0 Å². The molecule has 3 rings (SSSR count). The first-order valence-corrected chi connectivity index (χ1v) is 7.76. The van der Waals surface area contributed by atoms with Crippen molar-refractivity contribution in [1.82, 2.24) is 4.90 Å². The van der Waals surface area contributed by atoms with E-state index in [1.165, 1.54) is 27.8 Å². The number of rotatable bonds is 2. The summed E-state index contributed by atoms with van der Waals surface area (Å²) in [4.78, 5) is 6.67. The molecule has 112 valence electrons. The fourth-order valence-corrected chi connectivity index (χ4v) is 2.61. The lowest BCUT2D eigenvalue weighted by Crippen LogP contribution is -2.25. The van der Waals surface area contributed by atoms with Crippen molar-refractivity contribution in [2.24, 2.45) is 4.99 Å². The molecule has 1 aromatic rings. The Balaban J connectivity index is 1.81. The van der Waals surface area contributed by atoms with Crippen LogP contribution >= 0.6 is 0 Å². The Labute approximate surface area is 132 Å². The lowest BCUT2D eigenvalue weighted by atomic mass is 10.0. The first-order valence-electron chi connectivity index (χ1n) is 7.76. The van der Waals surface area contributed by atoms with Crippen LogP contribution in [0.4, 0.5) is 0 Å². The Bertz CT molecular complexity index is 700. The highest BCUT2D eigenvalue weighted by Crippen LogP contribution is 2.24. The summed E-state index contributed by atoms with van der Waals surface area (Å²) >= 11 is 0. The minimum Gasteiger partial charge on any atom is -0.359 e. The summed E-state index contributed by atoms with van der Waals surface area (Å²) in [7, 11) is 2.07. The molecule has 0 saturated carbocycles. The summed E-state index contributed by atoms with van der Waals surface area (Å²) in [6.07, 6.45) is 14.3. The van der Waals surface area contributed by atoms with Crippen LogP contribution < -0.4 is 0 Å². The summed E-state index contributed by atoms with van der Waals surface area (Å²) in [5.41, 5.74) is 6.26. The number of allylic oxidation sites excluding steroid dienone is 7. The summed E-state index contributed by atoms with van der Waals surface area (Å²) < 4.78 is 0. The number of hydrogen-bond donors (Lipinski definition) is 0. The Kier molecular flexibility index (Phi) is 4.10. The van der Waals surface area contributed by atoms with Gasteiger partial charge in [-0.2, -0.15) is 0 Å². The maximum absolute atomic E-state index is 4.53. The predicted octanol–water partition coefficient (Wildman–Crippen LogP) is 4.51. The first-order chi connectivity index (χ1) is 10.6. The van der Waals surface area contributed by atoms with Crippen LogP contribution in [0.2, 0.25) is 0 Å². The fraction of sp³-hybridized carbons (Fsp3) is 0.250. The van der Waals surface area contributed by atoms with Gasteiger partial charge in [0.2, 0.25) is 0 Å². The first kappa shape index (κ1) is 14.6. The highest BCUT2D eigenvalue weighted by Gasteiger charge is 2.12. The van der Waals surface area contributed by atoms with Gasteiger partial charge in [0, 0.05) is 25.0 Å². The molecule has 22 heavy (non-hydrogen) atoms. The average molecular weight is 290 g/mol. The molecule has 0 fully saturated rings. The van der Waals surface area contributed by atoms with Crippen LogP contribution in [0.5, 0.6) is 0 Å². The molecule has 0 radical (unpaired) electrons. The minimum absolute atomic E-state index is 0.223. The van der Waals surface area contributed by atoms with Crippen LogP contribution in [-0.4, -0.2) is 24.3 Å². The summed E-state index contributed by atoms with van der Waals surface area (Å²) in [6.45, 7) is 4.21. The van der Waals surface area contributed by atoms with E-state index in [0.29, 0.717) is 0 Å². The van der Waals surface area contributed by atoms with E-state index in [-0.39, 0.29) is 6.17 Å². The molecule has 0 aromatic heterocycles. The minimum atomic E-state index is 0.223. The fourth-order valence-electron chi connectivity index (χ4n) is 2.61. The molecular formula is C20H22N2. The third-order valence-corrected chi connectivity index (χ3v) is 4.20. The van der Waals surface area contributed by atoms with E-state index in [4.69, 9.17) is 0 Å². The molecule has 0 bridgehead atoms. The van der Waals surface area contributed by atoms with Crippen molar-refractivity contribution in [2.45, 2.75) is 26.4 Å². The molecule has 2 heteroatoms. The summed E-state index contributed by atoms with van der Waals surface area (Å²) in [5, 5.41) is 0. The summed E-state index contributed by atoms with van der Waals surface area (Å²) in [6, 6.07) is 8.70. The molecule has 2 nitrogen and oxygen atoms in total. The Hall–Kier alpha value is -2.35. The molecule has 1 aromatic carbocycles. The highest BCUT2D eigenvalue weighted by molar-refractivity contribution is 5.88. The van der Waals surface area contributed by atoms with Crippen molar-refractivity contribution in [3.63, 3.8) is 0 Å². The second-order valence-corrected chi connectivity index (χ2v) is 5.91. The zero-order valence-electron chi connectivity index (χ0n) is 13.5. The van der Waals surface area contributed by atoms with Gasteiger partial charge in [-0.15, -0.1) is 0 Å². The zero-order valence-corrected chi connectivity index (χ0v) is 13.5. The third kappa shape index (κ3) is 3.11. The van der Waals surface area contributed by atoms with Crippen LogP contribution in [0.1, 0.15) is 24.5 Å². The molecule has 1 unspecified atom stereocenters. The Morgan fingerprint density at radius 3 is 2.41 bits per heavy atom. The van der Waals surface area contributed by atoms with Gasteiger partial charge >= 0.3 is 0 Å². The molecule has 1 heterocycles. The summed E-state index contributed by atoms with van der Waals surface area (Å²) in [5.74, 6) is 0. The molecule has 1 atom stereocenters. The average Bonchev–Trinajstić information content (AvgIpc) is 2.77. The lowest BCUT2D eigenvalue weighted by Gasteiger charge is -2.24. The number of aliphatic imine (C=N–C) groups is 1. The van der Waals surface area contributed by atoms with Gasteiger partial charge in [0.25, 0.3) is 0 Å². The van der Waals surface area contributed by atoms with Gasteiger partial charge in [0.05, 0.1) is 0 Å². The monoisotopic (exact) mass is 290 g/mol. The van der Waals surface area contributed by atoms with E-state index < -0.39 is 0 Å². The number of aryl methyl sites for hydroxylation is 1. The number of benzene rings is 1. The van der Waals surface area contributed by atoms with Gasteiger partial charge in [-0.25, -0.2) is 0 Å². The van der Waals surface area contributed by atoms with E-state index >= 15 is 0 Å². The quantitative estimate of drug-likeness (QED) is 0.782. The predicted molar refractivity (Wildman–Crippen MR) is 94.8 cm³/mol. The molecule has 0 amide bonds. The SMILES string of the molecule is Cc1ccc(C2=CCC=C(C3=CN(C)C(C)N=C3)C=C2)cc1. The molecule has 0 N–H and O–H groups in total. The van der Waals surface area contributed by atoms with Crippen LogP contribution in [0.15, 0.2) is 70.9 Å². The normalized spacial score (nSPS) is 21.1. The Morgan fingerprint density at radius 2 is 1.68 bits per heavy atom. The maximum Gasteiger partial charge on any atom is 0.117 e. The van der Waals surface area contributed by atoms with E-state index in [0.717, 1.165) is 6.42 Å². The van der Waals surface area contributed by atoms with E-state index in [1.54, 1.807) is 0 Å². The van der Waals surface area contributed by atoms with E-state index in [1.807, 2.05) is 6.21 Å². The molecule has 0 spiro atoms. The molecule has 0 saturated heterocycles. The van der Waals surface area contributed by atoms with Gasteiger partial charge in [-0.1, -0.05) is 54.1 Å². The van der Waals surface area contributed by atoms with Crippen LogP contribution in [0, 0.1) is 6.92 Å². The number of nitrogens with zero attached hydrogens (tertiary/aromatic N) is 2.